The normalized spacial score (nSPS) is 12.6. The van der Waals surface area contributed by atoms with E-state index in [9.17, 15) is 15.0 Å². The van der Waals surface area contributed by atoms with Crippen LogP contribution in [0, 0.1) is 6.92 Å². The largest absolute Gasteiger partial charge is 0.478 e. The van der Waals surface area contributed by atoms with Gasteiger partial charge in [-0.05, 0) is 61.1 Å². The Labute approximate surface area is 232 Å². The average Bonchev–Trinajstić information content (AvgIpc) is 3.46. The van der Waals surface area contributed by atoms with Crippen LogP contribution in [0.2, 0.25) is 0 Å². The van der Waals surface area contributed by atoms with Crippen molar-refractivity contribution in [2.75, 3.05) is 20.6 Å². The van der Waals surface area contributed by atoms with E-state index in [1.807, 2.05) is 85.9 Å². The minimum atomic E-state index is -0.975. The zero-order valence-corrected chi connectivity index (χ0v) is 22.9. The molecule has 0 saturated heterocycles. The second kappa shape index (κ2) is 10.3. The molecule has 40 heavy (non-hydrogen) atoms. The lowest BCUT2D eigenvalue weighted by molar-refractivity contribution is 0.0699. The molecular weight excluding hydrogens is 500 g/mol. The third-order valence-corrected chi connectivity index (χ3v) is 7.56. The molecule has 0 saturated carbocycles. The van der Waals surface area contributed by atoms with Gasteiger partial charge in [-0.15, -0.1) is 0 Å². The fourth-order valence-corrected chi connectivity index (χ4v) is 5.93. The van der Waals surface area contributed by atoms with Crippen molar-refractivity contribution in [3.8, 4) is 11.3 Å². The van der Waals surface area contributed by atoms with Crippen LogP contribution in [0.5, 0.6) is 0 Å². The van der Waals surface area contributed by atoms with Crippen molar-refractivity contribution in [2.24, 2.45) is 0 Å². The Balaban J connectivity index is 1.55. The molecule has 3 heterocycles. The van der Waals surface area contributed by atoms with Crippen LogP contribution in [0.1, 0.15) is 27.2 Å². The zero-order valence-electron chi connectivity index (χ0n) is 22.9. The molecule has 202 valence electrons. The molecule has 0 bridgehead atoms. The molecule has 1 atom stereocenters. The van der Waals surface area contributed by atoms with Gasteiger partial charge >= 0.3 is 5.97 Å². The maximum atomic E-state index is 12.6. The molecule has 3 aromatic heterocycles. The van der Waals surface area contributed by atoms with Crippen LogP contribution in [0.3, 0.4) is 0 Å². The number of carboxylic acid groups (broad SMARTS) is 1. The molecule has 6 aromatic rings. The Hall–Kier alpha value is -4.46. The Morgan fingerprint density at radius 2 is 1.80 bits per heavy atom. The molecule has 0 spiro atoms. The molecule has 0 aliphatic rings. The molecule has 7 heteroatoms. The summed E-state index contributed by atoms with van der Waals surface area (Å²) in [6.45, 7) is 3.15. The summed E-state index contributed by atoms with van der Waals surface area (Å²) in [6.07, 6.45) is 4.14. The third kappa shape index (κ3) is 4.53. The SMILES string of the molecule is Cc1cccc2c1c(Cc1c(-c3ccc4ccccc4c3C(=O)O)nc3ccccn13)cn2CC(O)CN(C)C. The van der Waals surface area contributed by atoms with Crippen molar-refractivity contribution in [1.82, 2.24) is 18.9 Å². The first-order valence-corrected chi connectivity index (χ1v) is 13.4. The van der Waals surface area contributed by atoms with Crippen molar-refractivity contribution in [3.63, 3.8) is 0 Å². The maximum Gasteiger partial charge on any atom is 0.337 e. The van der Waals surface area contributed by atoms with E-state index in [1.165, 1.54) is 0 Å². The smallest absolute Gasteiger partial charge is 0.337 e. The van der Waals surface area contributed by atoms with Gasteiger partial charge in [-0.25, -0.2) is 9.78 Å². The number of aliphatic hydroxyl groups excluding tert-OH is 1. The van der Waals surface area contributed by atoms with E-state index >= 15 is 0 Å². The molecule has 2 N–H and O–H groups in total. The van der Waals surface area contributed by atoms with Gasteiger partial charge in [0.1, 0.15) is 5.65 Å². The number of carboxylic acids is 1. The topological polar surface area (TPSA) is 83.0 Å². The number of hydrogen-bond acceptors (Lipinski definition) is 4. The second-order valence-electron chi connectivity index (χ2n) is 10.7. The van der Waals surface area contributed by atoms with Crippen molar-refractivity contribution >= 4 is 33.3 Å². The molecule has 0 aliphatic carbocycles. The Kier molecular flexibility index (Phi) is 6.62. The van der Waals surface area contributed by atoms with E-state index in [1.54, 1.807) is 0 Å². The van der Waals surface area contributed by atoms with Gasteiger partial charge in [0.2, 0.25) is 0 Å². The number of aromatic nitrogens is 3. The molecule has 0 aliphatic heterocycles. The highest BCUT2D eigenvalue weighted by atomic mass is 16.4. The number of fused-ring (bicyclic) bond motifs is 3. The number of nitrogens with zero attached hydrogens (tertiary/aromatic N) is 4. The third-order valence-electron chi connectivity index (χ3n) is 7.56. The number of benzene rings is 3. The number of rotatable bonds is 8. The zero-order chi connectivity index (χ0) is 28.0. The molecule has 6 rings (SSSR count). The molecular formula is C33H32N4O3. The van der Waals surface area contributed by atoms with Gasteiger partial charge in [0.15, 0.2) is 0 Å². The lowest BCUT2D eigenvalue weighted by Gasteiger charge is -2.17. The standard InChI is InChI=1S/C33H32N4O3/c1-21-9-8-12-27-30(21)23(18-36(27)20-24(38)19-35(2)3)17-28-32(34-29-13-6-7-16-37(28)29)26-15-14-22-10-4-5-11-25(22)31(26)33(39)40/h4-16,18,24,38H,17,19-20H2,1-3H3,(H,39,40). The molecule has 0 radical (unpaired) electrons. The van der Waals surface area contributed by atoms with E-state index in [2.05, 4.69) is 34.2 Å². The maximum absolute atomic E-state index is 12.6. The van der Waals surface area contributed by atoms with Crippen LogP contribution in [0.4, 0.5) is 0 Å². The highest BCUT2D eigenvalue weighted by molar-refractivity contribution is 6.09. The summed E-state index contributed by atoms with van der Waals surface area (Å²) in [6, 6.07) is 23.5. The summed E-state index contributed by atoms with van der Waals surface area (Å²) in [5, 5.41) is 23.8. The first-order chi connectivity index (χ1) is 19.3. The summed E-state index contributed by atoms with van der Waals surface area (Å²) in [5.74, 6) is -0.975. The van der Waals surface area contributed by atoms with E-state index < -0.39 is 12.1 Å². The number of aryl methyl sites for hydroxylation is 1. The predicted molar refractivity (Wildman–Crippen MR) is 159 cm³/mol. The lowest BCUT2D eigenvalue weighted by atomic mass is 9.94. The highest BCUT2D eigenvalue weighted by Gasteiger charge is 2.23. The minimum absolute atomic E-state index is 0.258. The monoisotopic (exact) mass is 532 g/mol. The number of imidazole rings is 1. The summed E-state index contributed by atoms with van der Waals surface area (Å²) in [7, 11) is 3.91. The summed E-state index contributed by atoms with van der Waals surface area (Å²) in [4.78, 5) is 19.6. The number of aromatic carboxylic acids is 1. The first kappa shape index (κ1) is 25.8. The number of pyridine rings is 1. The fraction of sp³-hybridized carbons (Fsp3) is 0.212. The fourth-order valence-electron chi connectivity index (χ4n) is 5.93. The first-order valence-electron chi connectivity index (χ1n) is 13.4. The van der Waals surface area contributed by atoms with Crippen LogP contribution in [-0.2, 0) is 13.0 Å². The van der Waals surface area contributed by atoms with E-state index in [4.69, 9.17) is 4.98 Å². The van der Waals surface area contributed by atoms with Crippen LogP contribution in [0.25, 0.3) is 38.6 Å². The Bertz CT molecular complexity index is 1880. The quantitative estimate of drug-likeness (QED) is 0.266. The van der Waals surface area contributed by atoms with Crippen molar-refractivity contribution in [1.29, 1.82) is 0 Å². The Morgan fingerprint density at radius 1 is 1.00 bits per heavy atom. The summed E-state index contributed by atoms with van der Waals surface area (Å²) in [5.41, 5.74) is 6.54. The van der Waals surface area contributed by atoms with Crippen molar-refractivity contribution in [2.45, 2.75) is 26.0 Å². The molecule has 1 unspecified atom stereocenters. The van der Waals surface area contributed by atoms with Gasteiger partial charge in [-0.3, -0.25) is 0 Å². The van der Waals surface area contributed by atoms with Crippen molar-refractivity contribution < 1.29 is 15.0 Å². The van der Waals surface area contributed by atoms with Crippen LogP contribution >= 0.6 is 0 Å². The molecule has 3 aromatic carbocycles. The van der Waals surface area contributed by atoms with Crippen LogP contribution in [-0.4, -0.2) is 61.8 Å². The summed E-state index contributed by atoms with van der Waals surface area (Å²) < 4.78 is 4.19. The molecule has 0 amide bonds. The molecule has 7 nitrogen and oxygen atoms in total. The molecule has 0 fully saturated rings. The number of hydrogen-bond donors (Lipinski definition) is 2. The second-order valence-corrected chi connectivity index (χ2v) is 10.7. The van der Waals surface area contributed by atoms with Crippen molar-refractivity contribution in [3.05, 3.63) is 108 Å². The number of aliphatic hydroxyl groups is 1. The van der Waals surface area contributed by atoms with Gasteiger partial charge in [-0.1, -0.05) is 54.6 Å². The highest BCUT2D eigenvalue weighted by Crippen LogP contribution is 2.35. The predicted octanol–water partition coefficient (Wildman–Crippen LogP) is 5.63. The minimum Gasteiger partial charge on any atom is -0.478 e. The lowest BCUT2D eigenvalue weighted by Crippen LogP contribution is -2.29. The number of carbonyl (C=O) groups is 1. The van der Waals surface area contributed by atoms with Gasteiger partial charge < -0.3 is 24.1 Å². The summed E-state index contributed by atoms with van der Waals surface area (Å²) >= 11 is 0. The number of likely N-dealkylation sites (N-methyl/N-ethyl adjacent to an activating group) is 1. The van der Waals surface area contributed by atoms with Crippen LogP contribution in [0.15, 0.2) is 85.2 Å². The van der Waals surface area contributed by atoms with Gasteiger partial charge in [-0.2, -0.15) is 0 Å². The Morgan fingerprint density at radius 3 is 2.60 bits per heavy atom. The van der Waals surface area contributed by atoms with Crippen LogP contribution < -0.4 is 0 Å². The van der Waals surface area contributed by atoms with E-state index in [0.29, 0.717) is 36.2 Å². The van der Waals surface area contributed by atoms with E-state index in [-0.39, 0.29) is 5.56 Å². The van der Waals surface area contributed by atoms with Gasteiger partial charge in [0.25, 0.3) is 0 Å². The average molecular weight is 533 g/mol. The van der Waals surface area contributed by atoms with E-state index in [0.717, 1.165) is 38.8 Å². The van der Waals surface area contributed by atoms with Gasteiger partial charge in [0, 0.05) is 48.4 Å². The van der Waals surface area contributed by atoms with Gasteiger partial charge in [0.05, 0.1) is 23.1 Å².